The van der Waals surface area contributed by atoms with E-state index in [0.717, 1.165) is 24.0 Å². The number of rotatable bonds is 6. The summed E-state index contributed by atoms with van der Waals surface area (Å²) in [6.07, 6.45) is 1.81. The first kappa shape index (κ1) is 16.6. The van der Waals surface area contributed by atoms with E-state index in [1.165, 1.54) is 4.31 Å². The Morgan fingerprint density at radius 3 is 2.53 bits per heavy atom. The molecule has 0 amide bonds. The molecular weight excluding hydrogens is 328 g/mol. The van der Waals surface area contributed by atoms with Crippen molar-refractivity contribution in [3.63, 3.8) is 0 Å². The Morgan fingerprint density at radius 1 is 1.37 bits per heavy atom. The molecule has 0 heterocycles. The highest BCUT2D eigenvalue weighted by atomic mass is 79.9. The smallest absolute Gasteiger partial charge is 0.243 e. The molecule has 0 aliphatic rings. The number of hydrogen-bond donors (Lipinski definition) is 1. The fourth-order valence-electron chi connectivity index (χ4n) is 1.78. The largest absolute Gasteiger partial charge is 0.326 e. The molecule has 1 rings (SSSR count). The van der Waals surface area contributed by atoms with E-state index < -0.39 is 10.0 Å². The summed E-state index contributed by atoms with van der Waals surface area (Å²) in [6.45, 7) is 4.76. The predicted molar refractivity (Wildman–Crippen MR) is 81.5 cm³/mol. The van der Waals surface area contributed by atoms with Gasteiger partial charge < -0.3 is 5.73 Å². The molecule has 19 heavy (non-hydrogen) atoms. The SMILES string of the molecule is CCCCN(C)S(=O)(=O)c1cc(CN)cc(C)c1Br. The van der Waals surface area contributed by atoms with E-state index in [-0.39, 0.29) is 0 Å². The number of benzene rings is 1. The van der Waals surface area contributed by atoms with Gasteiger partial charge in [0.05, 0.1) is 4.90 Å². The highest BCUT2D eigenvalue weighted by Crippen LogP contribution is 2.29. The number of halogens is 1. The van der Waals surface area contributed by atoms with Crippen LogP contribution in [-0.2, 0) is 16.6 Å². The average molecular weight is 349 g/mol. The first-order valence-electron chi connectivity index (χ1n) is 6.30. The maximum Gasteiger partial charge on any atom is 0.243 e. The molecule has 0 aliphatic carbocycles. The summed E-state index contributed by atoms with van der Waals surface area (Å²) in [4.78, 5) is 0.298. The Labute approximate surface area is 124 Å². The number of nitrogens with zero attached hydrogens (tertiary/aromatic N) is 1. The molecule has 0 atom stereocenters. The zero-order valence-electron chi connectivity index (χ0n) is 11.6. The minimum atomic E-state index is -3.47. The summed E-state index contributed by atoms with van der Waals surface area (Å²) in [5, 5.41) is 0. The van der Waals surface area contributed by atoms with Gasteiger partial charge >= 0.3 is 0 Å². The first-order valence-corrected chi connectivity index (χ1v) is 8.53. The minimum absolute atomic E-state index is 0.298. The van der Waals surface area contributed by atoms with Gasteiger partial charge in [-0.25, -0.2) is 12.7 Å². The van der Waals surface area contributed by atoms with Crippen LogP contribution in [0.2, 0.25) is 0 Å². The fraction of sp³-hybridized carbons (Fsp3) is 0.538. The summed E-state index contributed by atoms with van der Waals surface area (Å²) in [5.41, 5.74) is 7.32. The van der Waals surface area contributed by atoms with Crippen molar-refractivity contribution < 1.29 is 8.42 Å². The highest BCUT2D eigenvalue weighted by Gasteiger charge is 2.24. The molecule has 0 radical (unpaired) electrons. The van der Waals surface area contributed by atoms with Crippen LogP contribution in [0.15, 0.2) is 21.5 Å². The van der Waals surface area contributed by atoms with Crippen molar-refractivity contribution in [1.82, 2.24) is 4.31 Å². The Morgan fingerprint density at radius 2 is 2.00 bits per heavy atom. The van der Waals surface area contributed by atoms with Gasteiger partial charge in [-0.3, -0.25) is 0 Å². The lowest BCUT2D eigenvalue weighted by atomic mass is 10.1. The third-order valence-electron chi connectivity index (χ3n) is 3.03. The van der Waals surface area contributed by atoms with Crippen LogP contribution in [0.5, 0.6) is 0 Å². The molecule has 0 saturated carbocycles. The number of nitrogens with two attached hydrogens (primary N) is 1. The van der Waals surface area contributed by atoms with Crippen molar-refractivity contribution in [3.05, 3.63) is 27.7 Å². The number of sulfonamides is 1. The van der Waals surface area contributed by atoms with Crippen LogP contribution in [0.3, 0.4) is 0 Å². The molecule has 1 aromatic carbocycles. The molecule has 1 aromatic rings. The Bertz CT molecular complexity index is 544. The highest BCUT2D eigenvalue weighted by molar-refractivity contribution is 9.10. The van der Waals surface area contributed by atoms with E-state index in [1.54, 1.807) is 13.1 Å². The lowest BCUT2D eigenvalue weighted by Gasteiger charge is -2.19. The van der Waals surface area contributed by atoms with Gasteiger partial charge in [0.1, 0.15) is 0 Å². The van der Waals surface area contributed by atoms with E-state index in [4.69, 9.17) is 5.73 Å². The fourth-order valence-corrected chi connectivity index (χ4v) is 4.02. The maximum absolute atomic E-state index is 12.5. The Kier molecular flexibility index (Phi) is 5.98. The topological polar surface area (TPSA) is 63.4 Å². The second kappa shape index (κ2) is 6.83. The van der Waals surface area contributed by atoms with Gasteiger partial charge in [-0.15, -0.1) is 0 Å². The molecule has 0 unspecified atom stereocenters. The van der Waals surface area contributed by atoms with Crippen LogP contribution in [-0.4, -0.2) is 26.3 Å². The second-order valence-electron chi connectivity index (χ2n) is 4.61. The molecule has 4 nitrogen and oxygen atoms in total. The van der Waals surface area contributed by atoms with Gasteiger partial charge in [0.15, 0.2) is 0 Å². The maximum atomic E-state index is 12.5. The Balaban J connectivity index is 3.24. The third-order valence-corrected chi connectivity index (χ3v) is 6.23. The summed E-state index contributed by atoms with van der Waals surface area (Å²) in [6, 6.07) is 3.55. The van der Waals surface area contributed by atoms with Crippen molar-refractivity contribution in [2.75, 3.05) is 13.6 Å². The summed E-state index contributed by atoms with van der Waals surface area (Å²) < 4.78 is 27.1. The zero-order chi connectivity index (χ0) is 14.6. The van der Waals surface area contributed by atoms with Gasteiger partial charge in [0.2, 0.25) is 10.0 Å². The molecule has 0 bridgehead atoms. The van der Waals surface area contributed by atoms with Gasteiger partial charge in [-0.2, -0.15) is 0 Å². The van der Waals surface area contributed by atoms with Crippen molar-refractivity contribution in [3.8, 4) is 0 Å². The average Bonchev–Trinajstić information content (AvgIpc) is 2.38. The standard InChI is InChI=1S/C13H21BrN2O2S/c1-4-5-6-16(3)19(17,18)12-8-11(9-15)7-10(2)13(12)14/h7-8H,4-6,9,15H2,1-3H3. The van der Waals surface area contributed by atoms with E-state index >= 15 is 0 Å². The first-order chi connectivity index (χ1) is 8.84. The molecule has 0 aliphatic heterocycles. The predicted octanol–water partition coefficient (Wildman–Crippen LogP) is 2.64. The van der Waals surface area contributed by atoms with Gasteiger partial charge in [-0.1, -0.05) is 19.4 Å². The van der Waals surface area contributed by atoms with Gasteiger partial charge in [0, 0.05) is 24.6 Å². The molecular formula is C13H21BrN2O2S. The van der Waals surface area contributed by atoms with Crippen LogP contribution in [0.1, 0.15) is 30.9 Å². The summed E-state index contributed by atoms with van der Waals surface area (Å²) >= 11 is 3.37. The van der Waals surface area contributed by atoms with Crippen LogP contribution in [0.4, 0.5) is 0 Å². The van der Waals surface area contributed by atoms with Crippen LogP contribution >= 0.6 is 15.9 Å². The van der Waals surface area contributed by atoms with E-state index in [0.29, 0.717) is 22.5 Å². The quantitative estimate of drug-likeness (QED) is 0.859. The minimum Gasteiger partial charge on any atom is -0.326 e. The number of aryl methyl sites for hydroxylation is 1. The van der Waals surface area contributed by atoms with Crippen molar-refractivity contribution in [1.29, 1.82) is 0 Å². The van der Waals surface area contributed by atoms with E-state index in [2.05, 4.69) is 15.9 Å². The molecule has 6 heteroatoms. The van der Waals surface area contributed by atoms with Crippen LogP contribution < -0.4 is 5.73 Å². The molecule has 0 aromatic heterocycles. The third kappa shape index (κ3) is 3.78. The lowest BCUT2D eigenvalue weighted by molar-refractivity contribution is 0.459. The number of unbranched alkanes of at least 4 members (excludes halogenated alkanes) is 1. The molecule has 2 N–H and O–H groups in total. The second-order valence-corrected chi connectivity index (χ2v) is 7.42. The van der Waals surface area contributed by atoms with Crippen molar-refractivity contribution >= 4 is 26.0 Å². The Hall–Kier alpha value is -0.430. The lowest BCUT2D eigenvalue weighted by Crippen LogP contribution is -2.28. The van der Waals surface area contributed by atoms with Gasteiger partial charge in [0.25, 0.3) is 0 Å². The summed E-state index contributed by atoms with van der Waals surface area (Å²) in [7, 11) is -1.85. The van der Waals surface area contributed by atoms with Crippen LogP contribution in [0.25, 0.3) is 0 Å². The summed E-state index contributed by atoms with van der Waals surface area (Å²) in [5.74, 6) is 0. The van der Waals surface area contributed by atoms with Crippen molar-refractivity contribution in [2.24, 2.45) is 5.73 Å². The molecule has 0 spiro atoms. The normalized spacial score (nSPS) is 12.1. The van der Waals surface area contributed by atoms with Gasteiger partial charge in [-0.05, 0) is 46.5 Å². The van der Waals surface area contributed by atoms with Crippen molar-refractivity contribution in [2.45, 2.75) is 38.1 Å². The van der Waals surface area contributed by atoms with E-state index in [9.17, 15) is 8.42 Å². The number of hydrogen-bond acceptors (Lipinski definition) is 3. The molecule has 108 valence electrons. The zero-order valence-corrected chi connectivity index (χ0v) is 14.0. The monoisotopic (exact) mass is 348 g/mol. The van der Waals surface area contributed by atoms with E-state index in [1.807, 2.05) is 19.9 Å². The molecule has 0 fully saturated rings. The molecule has 0 saturated heterocycles. The van der Waals surface area contributed by atoms with Crippen LogP contribution in [0, 0.1) is 6.92 Å².